The average molecular weight is 278 g/mol. The molecule has 0 saturated carbocycles. The molecule has 0 aromatic heterocycles. The van der Waals surface area contributed by atoms with Crippen LogP contribution < -0.4 is 9.64 Å². The zero-order chi connectivity index (χ0) is 15.3. The fraction of sp³-hybridized carbons (Fsp3) is 0.467. The lowest BCUT2D eigenvalue weighted by Gasteiger charge is -2.23. The van der Waals surface area contributed by atoms with Gasteiger partial charge in [-0.3, -0.25) is 9.59 Å². The van der Waals surface area contributed by atoms with Gasteiger partial charge in [0, 0.05) is 26.7 Å². The second-order valence-corrected chi connectivity index (χ2v) is 5.05. The highest BCUT2D eigenvalue weighted by Crippen LogP contribution is 2.20. The van der Waals surface area contributed by atoms with Gasteiger partial charge in [-0.1, -0.05) is 0 Å². The summed E-state index contributed by atoms with van der Waals surface area (Å²) >= 11 is 0. The van der Waals surface area contributed by atoms with Gasteiger partial charge < -0.3 is 14.5 Å². The Hall–Kier alpha value is -2.04. The van der Waals surface area contributed by atoms with Gasteiger partial charge in [0.1, 0.15) is 12.3 Å². The number of amides is 2. The fourth-order valence-electron chi connectivity index (χ4n) is 1.64. The predicted octanol–water partition coefficient (Wildman–Crippen LogP) is 1.91. The smallest absolute Gasteiger partial charge is 0.242 e. The molecule has 0 N–H and O–H groups in total. The third-order valence-corrected chi connectivity index (χ3v) is 2.69. The number of anilines is 1. The second kappa shape index (κ2) is 6.93. The number of hydrogen-bond donors (Lipinski definition) is 0. The van der Waals surface area contributed by atoms with Crippen LogP contribution in [0.15, 0.2) is 24.3 Å². The number of carbonyl (C=O) groups excluding carboxylic acids is 2. The Morgan fingerprint density at radius 3 is 2.10 bits per heavy atom. The van der Waals surface area contributed by atoms with Crippen molar-refractivity contribution in [3.8, 4) is 5.75 Å². The van der Waals surface area contributed by atoms with Crippen LogP contribution in [-0.2, 0) is 9.59 Å². The summed E-state index contributed by atoms with van der Waals surface area (Å²) in [7, 11) is 3.33. The van der Waals surface area contributed by atoms with E-state index in [2.05, 4.69) is 0 Å². The van der Waals surface area contributed by atoms with Crippen LogP contribution in [0.2, 0.25) is 0 Å². The van der Waals surface area contributed by atoms with Gasteiger partial charge >= 0.3 is 0 Å². The molecule has 1 aromatic rings. The van der Waals surface area contributed by atoms with Crippen molar-refractivity contribution in [2.24, 2.45) is 0 Å². The van der Waals surface area contributed by atoms with E-state index in [0.29, 0.717) is 5.69 Å². The second-order valence-electron chi connectivity index (χ2n) is 5.05. The molecule has 0 heterocycles. The van der Waals surface area contributed by atoms with Crippen molar-refractivity contribution in [1.82, 2.24) is 4.90 Å². The van der Waals surface area contributed by atoms with E-state index in [4.69, 9.17) is 4.74 Å². The topological polar surface area (TPSA) is 49.9 Å². The van der Waals surface area contributed by atoms with E-state index < -0.39 is 0 Å². The highest BCUT2D eigenvalue weighted by atomic mass is 16.5. The maximum Gasteiger partial charge on any atom is 0.242 e. The summed E-state index contributed by atoms with van der Waals surface area (Å²) in [6.07, 6.45) is 0.0973. The number of nitrogens with zero attached hydrogens (tertiary/aromatic N) is 2. The van der Waals surface area contributed by atoms with E-state index in [1.807, 2.05) is 13.8 Å². The number of benzene rings is 1. The van der Waals surface area contributed by atoms with Crippen LogP contribution in [0.4, 0.5) is 5.69 Å². The van der Waals surface area contributed by atoms with E-state index in [1.54, 1.807) is 38.4 Å². The highest BCUT2D eigenvalue weighted by molar-refractivity contribution is 5.97. The van der Waals surface area contributed by atoms with E-state index in [0.717, 1.165) is 5.75 Å². The normalized spacial score (nSPS) is 10.3. The van der Waals surface area contributed by atoms with Gasteiger partial charge in [-0.05, 0) is 38.1 Å². The molecule has 0 atom stereocenters. The van der Waals surface area contributed by atoms with Crippen LogP contribution in [0.25, 0.3) is 0 Å². The fourth-order valence-corrected chi connectivity index (χ4v) is 1.64. The number of rotatable bonds is 5. The molecule has 0 aliphatic rings. The van der Waals surface area contributed by atoms with Crippen LogP contribution >= 0.6 is 0 Å². The van der Waals surface area contributed by atoms with Crippen molar-refractivity contribution >= 4 is 17.5 Å². The van der Waals surface area contributed by atoms with Gasteiger partial charge in [0.25, 0.3) is 0 Å². The zero-order valence-electron chi connectivity index (χ0n) is 12.7. The van der Waals surface area contributed by atoms with Crippen molar-refractivity contribution in [3.05, 3.63) is 24.3 Å². The Labute approximate surface area is 120 Å². The van der Waals surface area contributed by atoms with E-state index >= 15 is 0 Å². The summed E-state index contributed by atoms with van der Waals surface area (Å²) in [5.41, 5.74) is 0.684. The summed E-state index contributed by atoms with van der Waals surface area (Å²) in [5, 5.41) is 0. The molecule has 1 rings (SSSR count). The Bertz CT molecular complexity index is 467. The first kappa shape index (κ1) is 16.0. The zero-order valence-corrected chi connectivity index (χ0v) is 12.7. The molecule has 5 heteroatoms. The van der Waals surface area contributed by atoms with Crippen molar-refractivity contribution in [2.75, 3.05) is 25.5 Å². The quantitative estimate of drug-likeness (QED) is 0.826. The van der Waals surface area contributed by atoms with E-state index in [1.165, 1.54) is 16.7 Å². The van der Waals surface area contributed by atoms with Crippen LogP contribution in [0, 0.1) is 0 Å². The van der Waals surface area contributed by atoms with Crippen LogP contribution in [0.1, 0.15) is 20.8 Å². The lowest BCUT2D eigenvalue weighted by Crippen LogP contribution is -2.39. The maximum absolute atomic E-state index is 11.8. The van der Waals surface area contributed by atoms with Crippen LogP contribution in [0.5, 0.6) is 5.75 Å². The summed E-state index contributed by atoms with van der Waals surface area (Å²) in [6, 6.07) is 7.15. The van der Waals surface area contributed by atoms with Crippen molar-refractivity contribution in [2.45, 2.75) is 26.9 Å². The molecule has 0 aliphatic heterocycles. The van der Waals surface area contributed by atoms with Crippen molar-refractivity contribution in [1.29, 1.82) is 0 Å². The SMILES string of the molecule is CC(=O)N(CC(=O)N(C)C)c1ccc(OC(C)C)cc1. The summed E-state index contributed by atoms with van der Waals surface area (Å²) in [4.78, 5) is 26.4. The number of carbonyl (C=O) groups is 2. The first-order valence-electron chi connectivity index (χ1n) is 6.56. The van der Waals surface area contributed by atoms with Gasteiger partial charge in [0.05, 0.1) is 6.10 Å². The van der Waals surface area contributed by atoms with E-state index in [9.17, 15) is 9.59 Å². The Balaban J connectivity index is 2.87. The van der Waals surface area contributed by atoms with Crippen molar-refractivity contribution < 1.29 is 14.3 Å². The standard InChI is InChI=1S/C15H22N2O3/c1-11(2)20-14-8-6-13(7-9-14)17(12(3)18)10-15(19)16(4)5/h6-9,11H,10H2,1-5H3. The molecule has 0 fully saturated rings. The summed E-state index contributed by atoms with van der Waals surface area (Å²) in [6.45, 7) is 5.38. The molecule has 0 spiro atoms. The maximum atomic E-state index is 11.8. The third kappa shape index (κ3) is 4.57. The Morgan fingerprint density at radius 1 is 1.15 bits per heavy atom. The van der Waals surface area contributed by atoms with Gasteiger partial charge in [0.2, 0.25) is 11.8 Å². The predicted molar refractivity (Wildman–Crippen MR) is 78.9 cm³/mol. The third-order valence-electron chi connectivity index (χ3n) is 2.69. The van der Waals surface area contributed by atoms with Gasteiger partial charge in [-0.25, -0.2) is 0 Å². The highest BCUT2D eigenvalue weighted by Gasteiger charge is 2.16. The molecule has 0 saturated heterocycles. The Morgan fingerprint density at radius 2 is 1.70 bits per heavy atom. The minimum atomic E-state index is -0.169. The number of likely N-dealkylation sites (N-methyl/N-ethyl adjacent to an activating group) is 1. The monoisotopic (exact) mass is 278 g/mol. The summed E-state index contributed by atoms with van der Waals surface area (Å²) < 4.78 is 5.55. The first-order chi connectivity index (χ1) is 9.31. The molecule has 20 heavy (non-hydrogen) atoms. The molecule has 0 unspecified atom stereocenters. The van der Waals surface area contributed by atoms with Crippen LogP contribution in [0.3, 0.4) is 0 Å². The van der Waals surface area contributed by atoms with Gasteiger partial charge in [-0.15, -0.1) is 0 Å². The lowest BCUT2D eigenvalue weighted by atomic mass is 10.2. The molecular formula is C15H22N2O3. The molecule has 0 radical (unpaired) electrons. The molecule has 2 amide bonds. The molecule has 0 aliphatic carbocycles. The average Bonchev–Trinajstić information content (AvgIpc) is 2.35. The lowest BCUT2D eigenvalue weighted by molar-refractivity contribution is -0.129. The minimum absolute atomic E-state index is 0.0344. The van der Waals surface area contributed by atoms with E-state index in [-0.39, 0.29) is 24.5 Å². The minimum Gasteiger partial charge on any atom is -0.491 e. The van der Waals surface area contributed by atoms with Gasteiger partial charge in [-0.2, -0.15) is 0 Å². The summed E-state index contributed by atoms with van der Waals surface area (Å²) in [5.74, 6) is 0.451. The molecule has 1 aromatic carbocycles. The van der Waals surface area contributed by atoms with Gasteiger partial charge in [0.15, 0.2) is 0 Å². The molecule has 110 valence electrons. The molecule has 0 bridgehead atoms. The molecule has 5 nitrogen and oxygen atoms in total. The molecular weight excluding hydrogens is 256 g/mol. The number of ether oxygens (including phenoxy) is 1. The number of hydrogen-bond acceptors (Lipinski definition) is 3. The first-order valence-corrected chi connectivity index (χ1v) is 6.56. The van der Waals surface area contributed by atoms with Crippen LogP contribution in [-0.4, -0.2) is 43.5 Å². The Kier molecular flexibility index (Phi) is 5.55. The largest absolute Gasteiger partial charge is 0.491 e. The van der Waals surface area contributed by atoms with Crippen molar-refractivity contribution in [3.63, 3.8) is 0 Å².